The molecule has 3 atom stereocenters. The van der Waals surface area contributed by atoms with Gasteiger partial charge in [-0.15, -0.1) is 0 Å². The van der Waals surface area contributed by atoms with Gasteiger partial charge in [-0.1, -0.05) is 13.8 Å². The topological polar surface area (TPSA) is 38.5 Å². The summed E-state index contributed by atoms with van der Waals surface area (Å²) in [5.41, 5.74) is 5.75. The van der Waals surface area contributed by atoms with E-state index in [1.807, 2.05) is 0 Å². The van der Waals surface area contributed by atoms with Gasteiger partial charge in [-0.05, 0) is 0 Å². The Balaban J connectivity index is 2.47. The number of hydrogen-bond donors (Lipinski definition) is 1. The molecule has 0 radical (unpaired) electrons. The lowest BCUT2D eigenvalue weighted by Gasteiger charge is -2.39. The molecule has 0 aromatic rings. The van der Waals surface area contributed by atoms with E-state index in [0.717, 1.165) is 19.7 Å². The quantitative estimate of drug-likeness (QED) is 0.757. The smallest absolute Gasteiger partial charge is 0.0630 e. The summed E-state index contributed by atoms with van der Waals surface area (Å²) in [4.78, 5) is 2.47. The monoisotopic (exact) mass is 218 g/mol. The number of ether oxygens (including phenoxy) is 1. The fraction of sp³-hybridized carbons (Fsp3) is 1.00. The van der Waals surface area contributed by atoms with E-state index in [4.69, 9.17) is 10.5 Å². The van der Waals surface area contributed by atoms with Gasteiger partial charge in [-0.3, -0.25) is 4.90 Å². The van der Waals surface area contributed by atoms with Gasteiger partial charge in [0.15, 0.2) is 0 Å². The molecule has 14 heavy (non-hydrogen) atoms. The molecule has 0 aliphatic carbocycles. The summed E-state index contributed by atoms with van der Waals surface area (Å²) in [5.74, 6) is 0. The number of hydrogen-bond acceptors (Lipinski definition) is 4. The standard InChI is InChI=1S/C10H22N2OS/c1-8-5-12(6-9(2)14-8)10(4-11)7-13-3/h8-10H,4-7,11H2,1-3H3. The molecule has 0 saturated carbocycles. The van der Waals surface area contributed by atoms with Crippen molar-refractivity contribution in [1.82, 2.24) is 4.90 Å². The average Bonchev–Trinajstić information content (AvgIpc) is 2.12. The van der Waals surface area contributed by atoms with Crippen LogP contribution >= 0.6 is 11.8 Å². The van der Waals surface area contributed by atoms with E-state index < -0.39 is 0 Å². The molecule has 2 N–H and O–H groups in total. The maximum absolute atomic E-state index is 5.75. The van der Waals surface area contributed by atoms with Crippen LogP contribution in [0.15, 0.2) is 0 Å². The molecule has 1 rings (SSSR count). The molecule has 84 valence electrons. The van der Waals surface area contributed by atoms with Gasteiger partial charge in [0.05, 0.1) is 6.61 Å². The van der Waals surface area contributed by atoms with Crippen LogP contribution in [-0.2, 0) is 4.74 Å². The molecule has 0 aromatic heterocycles. The van der Waals surface area contributed by atoms with Crippen LogP contribution in [0, 0.1) is 0 Å². The molecule has 4 heteroatoms. The van der Waals surface area contributed by atoms with E-state index in [1.54, 1.807) is 7.11 Å². The summed E-state index contributed by atoms with van der Waals surface area (Å²) in [5, 5.41) is 1.43. The van der Waals surface area contributed by atoms with Crippen molar-refractivity contribution in [3.8, 4) is 0 Å². The first kappa shape index (κ1) is 12.3. The maximum Gasteiger partial charge on any atom is 0.0630 e. The number of methoxy groups -OCH3 is 1. The van der Waals surface area contributed by atoms with Crippen LogP contribution in [0.25, 0.3) is 0 Å². The second-order valence-electron chi connectivity index (χ2n) is 4.06. The highest BCUT2D eigenvalue weighted by molar-refractivity contribution is 8.00. The van der Waals surface area contributed by atoms with E-state index in [9.17, 15) is 0 Å². The lowest BCUT2D eigenvalue weighted by atomic mass is 10.2. The molecule has 0 bridgehead atoms. The minimum absolute atomic E-state index is 0.394. The molecule has 1 aliphatic rings. The average molecular weight is 218 g/mol. The van der Waals surface area contributed by atoms with Gasteiger partial charge in [-0.2, -0.15) is 11.8 Å². The summed E-state index contributed by atoms with van der Waals surface area (Å²) in [6, 6.07) is 0.394. The molecule has 1 heterocycles. The van der Waals surface area contributed by atoms with E-state index in [0.29, 0.717) is 23.1 Å². The van der Waals surface area contributed by atoms with Crippen LogP contribution in [0.4, 0.5) is 0 Å². The van der Waals surface area contributed by atoms with Gasteiger partial charge in [0.1, 0.15) is 0 Å². The molecule has 1 aliphatic heterocycles. The van der Waals surface area contributed by atoms with E-state index in [2.05, 4.69) is 30.5 Å². The molecule has 1 fully saturated rings. The van der Waals surface area contributed by atoms with Crippen LogP contribution in [0.1, 0.15) is 13.8 Å². The van der Waals surface area contributed by atoms with Crippen molar-refractivity contribution in [3.63, 3.8) is 0 Å². The summed E-state index contributed by atoms with van der Waals surface area (Å²) in [6.45, 7) is 8.29. The Morgan fingerprint density at radius 3 is 2.43 bits per heavy atom. The number of nitrogens with zero attached hydrogens (tertiary/aromatic N) is 1. The number of rotatable bonds is 4. The molecular weight excluding hydrogens is 196 g/mol. The van der Waals surface area contributed by atoms with E-state index in [1.165, 1.54) is 0 Å². The van der Waals surface area contributed by atoms with Crippen molar-refractivity contribution < 1.29 is 4.74 Å². The summed E-state index contributed by atoms with van der Waals surface area (Å²) < 4.78 is 5.19. The van der Waals surface area contributed by atoms with E-state index >= 15 is 0 Å². The summed E-state index contributed by atoms with van der Waals surface area (Å²) in [7, 11) is 1.74. The van der Waals surface area contributed by atoms with Gasteiger partial charge in [0, 0.05) is 43.3 Å². The Bertz CT molecular complexity index is 158. The van der Waals surface area contributed by atoms with Gasteiger partial charge < -0.3 is 10.5 Å². The highest BCUT2D eigenvalue weighted by atomic mass is 32.2. The molecule has 3 unspecified atom stereocenters. The molecule has 0 spiro atoms. The number of nitrogens with two attached hydrogens (primary N) is 1. The fourth-order valence-corrected chi connectivity index (χ4v) is 3.38. The largest absolute Gasteiger partial charge is 0.383 e. The first-order valence-electron chi connectivity index (χ1n) is 5.25. The fourth-order valence-electron chi connectivity index (χ4n) is 2.03. The van der Waals surface area contributed by atoms with Gasteiger partial charge >= 0.3 is 0 Å². The minimum Gasteiger partial charge on any atom is -0.383 e. The number of thioether (sulfide) groups is 1. The normalized spacial score (nSPS) is 31.7. The second-order valence-corrected chi connectivity index (χ2v) is 5.94. The third kappa shape index (κ3) is 3.42. The zero-order valence-electron chi connectivity index (χ0n) is 9.40. The summed E-state index contributed by atoms with van der Waals surface area (Å²) >= 11 is 2.07. The van der Waals surface area contributed by atoms with Crippen LogP contribution < -0.4 is 5.73 Å². The first-order chi connectivity index (χ1) is 6.67. The highest BCUT2D eigenvalue weighted by Gasteiger charge is 2.26. The van der Waals surface area contributed by atoms with Crippen molar-refractivity contribution in [2.24, 2.45) is 5.73 Å². The van der Waals surface area contributed by atoms with Crippen molar-refractivity contribution in [3.05, 3.63) is 0 Å². The third-order valence-electron chi connectivity index (χ3n) is 2.60. The van der Waals surface area contributed by atoms with Gasteiger partial charge in [0.25, 0.3) is 0 Å². The van der Waals surface area contributed by atoms with Crippen LogP contribution in [0.2, 0.25) is 0 Å². The van der Waals surface area contributed by atoms with Crippen molar-refractivity contribution in [2.75, 3.05) is 33.4 Å². The van der Waals surface area contributed by atoms with Crippen LogP contribution in [0.5, 0.6) is 0 Å². The van der Waals surface area contributed by atoms with Crippen LogP contribution in [-0.4, -0.2) is 54.8 Å². The third-order valence-corrected chi connectivity index (χ3v) is 3.82. The Labute approximate surface area is 91.4 Å². The predicted molar refractivity (Wildman–Crippen MR) is 62.8 cm³/mol. The van der Waals surface area contributed by atoms with Crippen molar-refractivity contribution >= 4 is 11.8 Å². The molecule has 1 saturated heterocycles. The molecule has 0 amide bonds. The Kier molecular flexibility index (Phi) is 5.23. The highest BCUT2D eigenvalue weighted by Crippen LogP contribution is 2.25. The Morgan fingerprint density at radius 1 is 1.43 bits per heavy atom. The first-order valence-corrected chi connectivity index (χ1v) is 6.20. The van der Waals surface area contributed by atoms with Gasteiger partial charge in [-0.25, -0.2) is 0 Å². The van der Waals surface area contributed by atoms with Crippen molar-refractivity contribution in [2.45, 2.75) is 30.4 Å². The van der Waals surface area contributed by atoms with Gasteiger partial charge in [0.2, 0.25) is 0 Å². The molecule has 3 nitrogen and oxygen atoms in total. The zero-order valence-corrected chi connectivity index (χ0v) is 10.2. The van der Waals surface area contributed by atoms with Crippen molar-refractivity contribution in [1.29, 1.82) is 0 Å². The zero-order chi connectivity index (χ0) is 10.6. The second kappa shape index (κ2) is 5.95. The molecule has 0 aromatic carbocycles. The lowest BCUT2D eigenvalue weighted by Crippen LogP contribution is -2.51. The summed E-state index contributed by atoms with van der Waals surface area (Å²) in [6.07, 6.45) is 0. The Morgan fingerprint density at radius 2 is 2.00 bits per heavy atom. The van der Waals surface area contributed by atoms with Crippen LogP contribution in [0.3, 0.4) is 0 Å². The van der Waals surface area contributed by atoms with E-state index in [-0.39, 0.29) is 0 Å². The predicted octanol–water partition coefficient (Wildman–Crippen LogP) is 0.786. The maximum atomic E-state index is 5.75. The molecular formula is C10H22N2OS. The SMILES string of the molecule is COCC(CN)N1CC(C)SC(C)C1. The Hall–Kier alpha value is 0.230. The lowest BCUT2D eigenvalue weighted by molar-refractivity contribution is 0.0929. The minimum atomic E-state index is 0.394.